The SMILES string of the molecule is c1ccc(-c2ccc3cnc(-n4c5ccccc5c5ccc6sc7ccc8ccccc8c7c6c54)nc3c2)cc1. The summed E-state index contributed by atoms with van der Waals surface area (Å²) in [7, 11) is 0. The van der Waals surface area contributed by atoms with Gasteiger partial charge < -0.3 is 0 Å². The third kappa shape index (κ3) is 3.05. The first-order valence-electron chi connectivity index (χ1n) is 13.4. The van der Waals surface area contributed by atoms with E-state index in [2.05, 4.69) is 120 Å². The van der Waals surface area contributed by atoms with E-state index in [0.717, 1.165) is 22.0 Å². The van der Waals surface area contributed by atoms with Gasteiger partial charge in [-0.15, -0.1) is 11.3 Å². The van der Waals surface area contributed by atoms with Crippen LogP contribution in [0.4, 0.5) is 0 Å². The zero-order valence-corrected chi connectivity index (χ0v) is 22.2. The van der Waals surface area contributed by atoms with Crippen LogP contribution in [0, 0.1) is 0 Å². The molecule has 0 spiro atoms. The van der Waals surface area contributed by atoms with Crippen LogP contribution in [0.3, 0.4) is 0 Å². The maximum atomic E-state index is 5.19. The topological polar surface area (TPSA) is 30.7 Å². The van der Waals surface area contributed by atoms with Gasteiger partial charge in [-0.2, -0.15) is 0 Å². The third-order valence-electron chi connectivity index (χ3n) is 8.04. The van der Waals surface area contributed by atoms with Gasteiger partial charge in [-0.05, 0) is 46.2 Å². The zero-order chi connectivity index (χ0) is 26.2. The predicted octanol–water partition coefficient (Wildman–Crippen LogP) is 9.91. The van der Waals surface area contributed by atoms with Crippen LogP contribution >= 0.6 is 11.3 Å². The summed E-state index contributed by atoms with van der Waals surface area (Å²) in [4.78, 5) is 10.1. The number of benzene rings is 6. The van der Waals surface area contributed by atoms with Gasteiger partial charge in [0.25, 0.3) is 0 Å². The Morgan fingerprint density at radius 3 is 2.23 bits per heavy atom. The monoisotopic (exact) mass is 527 g/mol. The molecule has 3 heterocycles. The first-order valence-corrected chi connectivity index (χ1v) is 14.2. The van der Waals surface area contributed by atoms with Crippen molar-refractivity contribution in [2.45, 2.75) is 0 Å². The van der Waals surface area contributed by atoms with E-state index in [-0.39, 0.29) is 0 Å². The van der Waals surface area contributed by atoms with E-state index >= 15 is 0 Å². The summed E-state index contributed by atoms with van der Waals surface area (Å²) >= 11 is 1.85. The van der Waals surface area contributed by atoms with E-state index in [4.69, 9.17) is 9.97 Å². The van der Waals surface area contributed by atoms with Crippen LogP contribution in [0.15, 0.2) is 128 Å². The average molecular weight is 528 g/mol. The number of hydrogen-bond donors (Lipinski definition) is 0. The summed E-state index contributed by atoms with van der Waals surface area (Å²) < 4.78 is 4.84. The summed E-state index contributed by atoms with van der Waals surface area (Å²) in [5.74, 6) is 0.691. The minimum atomic E-state index is 0.691. The van der Waals surface area contributed by atoms with Crippen molar-refractivity contribution in [2.75, 3.05) is 0 Å². The number of hydrogen-bond acceptors (Lipinski definition) is 3. The van der Waals surface area contributed by atoms with E-state index in [1.165, 1.54) is 52.8 Å². The predicted molar refractivity (Wildman–Crippen MR) is 170 cm³/mol. The highest BCUT2D eigenvalue weighted by Gasteiger charge is 2.20. The minimum absolute atomic E-state index is 0.691. The molecule has 0 amide bonds. The Balaban J connectivity index is 1.42. The van der Waals surface area contributed by atoms with Crippen LogP contribution in [-0.2, 0) is 0 Å². The Kier molecular flexibility index (Phi) is 4.48. The van der Waals surface area contributed by atoms with Gasteiger partial charge in [-0.1, -0.05) is 97.1 Å². The van der Waals surface area contributed by atoms with Crippen LogP contribution in [0.25, 0.3) is 80.7 Å². The van der Waals surface area contributed by atoms with Crippen LogP contribution in [0.2, 0.25) is 0 Å². The molecule has 0 N–H and O–H groups in total. The van der Waals surface area contributed by atoms with Crippen LogP contribution in [0.5, 0.6) is 0 Å². The summed E-state index contributed by atoms with van der Waals surface area (Å²) in [6.45, 7) is 0. The molecule has 0 saturated heterocycles. The van der Waals surface area contributed by atoms with Gasteiger partial charge in [0.2, 0.25) is 5.95 Å². The number of para-hydroxylation sites is 1. The number of nitrogens with zero attached hydrogens (tertiary/aromatic N) is 3. The Morgan fingerprint density at radius 2 is 1.30 bits per heavy atom. The highest BCUT2D eigenvalue weighted by atomic mass is 32.1. The van der Waals surface area contributed by atoms with Crippen molar-refractivity contribution in [1.82, 2.24) is 14.5 Å². The smallest absolute Gasteiger partial charge is 0.235 e. The van der Waals surface area contributed by atoms with E-state index < -0.39 is 0 Å². The lowest BCUT2D eigenvalue weighted by atomic mass is 10.0. The third-order valence-corrected chi connectivity index (χ3v) is 9.16. The molecule has 0 fully saturated rings. The molecule has 9 rings (SSSR count). The lowest BCUT2D eigenvalue weighted by molar-refractivity contribution is 1.01. The molecule has 6 aromatic carbocycles. The van der Waals surface area contributed by atoms with Crippen molar-refractivity contribution in [1.29, 1.82) is 0 Å². The van der Waals surface area contributed by atoms with Crippen LogP contribution in [0.1, 0.15) is 0 Å². The molecule has 0 aliphatic carbocycles. The fourth-order valence-corrected chi connectivity index (χ4v) is 7.34. The Labute approximate surface area is 233 Å². The summed E-state index contributed by atoms with van der Waals surface area (Å²) in [5.41, 5.74) is 5.55. The molecule has 0 bridgehead atoms. The Hall–Kier alpha value is -5.06. The van der Waals surface area contributed by atoms with Crippen molar-refractivity contribution in [3.63, 3.8) is 0 Å². The standard InChI is InChI=1S/C36H21N3S/c1-2-8-22(9-3-1)24-14-15-25-21-37-36(38-29(25)20-24)39-30-13-7-6-12-27(30)28-17-19-32-34(35(28)39)33-26-11-5-4-10-23(26)16-18-31(33)40-32/h1-21H. The van der Waals surface area contributed by atoms with E-state index in [9.17, 15) is 0 Å². The van der Waals surface area contributed by atoms with Gasteiger partial charge in [0.1, 0.15) is 0 Å². The molecule has 0 atom stereocenters. The summed E-state index contributed by atoms with van der Waals surface area (Å²) in [6.07, 6.45) is 1.95. The average Bonchev–Trinajstić information content (AvgIpc) is 3.57. The largest absolute Gasteiger partial charge is 0.277 e. The van der Waals surface area contributed by atoms with Gasteiger partial charge in [-0.3, -0.25) is 4.57 Å². The number of fused-ring (bicyclic) bond motifs is 10. The van der Waals surface area contributed by atoms with Crippen molar-refractivity contribution in [3.05, 3.63) is 128 Å². The van der Waals surface area contributed by atoms with Crippen molar-refractivity contribution in [2.24, 2.45) is 0 Å². The fourth-order valence-electron chi connectivity index (χ4n) is 6.22. The Morgan fingerprint density at radius 1 is 0.550 bits per heavy atom. The molecule has 9 aromatic rings. The quantitative estimate of drug-likeness (QED) is 0.224. The second-order valence-electron chi connectivity index (χ2n) is 10.3. The molecule has 0 aliphatic heterocycles. The maximum absolute atomic E-state index is 5.19. The lowest BCUT2D eigenvalue weighted by Crippen LogP contribution is -2.01. The van der Waals surface area contributed by atoms with Gasteiger partial charge in [0, 0.05) is 42.5 Å². The lowest BCUT2D eigenvalue weighted by Gasteiger charge is -2.10. The molecule has 4 heteroatoms. The van der Waals surface area contributed by atoms with Crippen molar-refractivity contribution >= 4 is 75.0 Å². The number of thiophene rings is 1. The normalized spacial score (nSPS) is 12.0. The van der Waals surface area contributed by atoms with Gasteiger partial charge in [0.05, 0.1) is 16.6 Å². The number of aromatic nitrogens is 3. The van der Waals surface area contributed by atoms with E-state index in [0.29, 0.717) is 5.95 Å². The summed E-state index contributed by atoms with van der Waals surface area (Å²) in [6, 6.07) is 43.2. The highest BCUT2D eigenvalue weighted by Crippen LogP contribution is 2.45. The molecule has 0 radical (unpaired) electrons. The molecule has 3 nitrogen and oxygen atoms in total. The second kappa shape index (κ2) is 8.22. The zero-order valence-electron chi connectivity index (χ0n) is 21.4. The van der Waals surface area contributed by atoms with Gasteiger partial charge in [-0.25, -0.2) is 9.97 Å². The summed E-state index contributed by atoms with van der Waals surface area (Å²) in [5, 5.41) is 8.57. The fraction of sp³-hybridized carbons (Fsp3) is 0. The highest BCUT2D eigenvalue weighted by molar-refractivity contribution is 7.26. The first kappa shape index (κ1) is 21.8. The van der Waals surface area contributed by atoms with E-state index in [1.807, 2.05) is 23.6 Å². The molecular weight excluding hydrogens is 506 g/mol. The molecule has 0 unspecified atom stereocenters. The Bertz CT molecular complexity index is 2430. The molecule has 0 saturated carbocycles. The van der Waals surface area contributed by atoms with E-state index in [1.54, 1.807) is 0 Å². The molecule has 0 aliphatic rings. The van der Waals surface area contributed by atoms with Crippen LogP contribution < -0.4 is 0 Å². The molecule has 186 valence electrons. The minimum Gasteiger partial charge on any atom is -0.277 e. The molecule has 40 heavy (non-hydrogen) atoms. The molecular formula is C36H21N3S. The first-order chi connectivity index (χ1) is 19.8. The second-order valence-corrected chi connectivity index (χ2v) is 11.3. The van der Waals surface area contributed by atoms with Crippen molar-refractivity contribution < 1.29 is 0 Å². The van der Waals surface area contributed by atoms with Crippen molar-refractivity contribution in [3.8, 4) is 17.1 Å². The van der Waals surface area contributed by atoms with Crippen LogP contribution in [-0.4, -0.2) is 14.5 Å². The molecule has 3 aromatic heterocycles. The maximum Gasteiger partial charge on any atom is 0.235 e. The van der Waals surface area contributed by atoms with Gasteiger partial charge >= 0.3 is 0 Å². The van der Waals surface area contributed by atoms with Gasteiger partial charge in [0.15, 0.2) is 0 Å². The number of rotatable bonds is 2.